The molecule has 0 atom stereocenters. The van der Waals surface area contributed by atoms with Gasteiger partial charge in [-0.15, -0.1) is 11.3 Å². The minimum absolute atomic E-state index is 0.0295. The monoisotopic (exact) mass is 366 g/mol. The second kappa shape index (κ2) is 10.4. The van der Waals surface area contributed by atoms with Gasteiger partial charge >= 0.3 is 5.97 Å². The Morgan fingerprint density at radius 3 is 2.76 bits per heavy atom. The van der Waals surface area contributed by atoms with Crippen molar-refractivity contribution in [3.05, 3.63) is 16.1 Å². The van der Waals surface area contributed by atoms with E-state index in [-0.39, 0.29) is 11.9 Å². The smallest absolute Gasteiger partial charge is 0.309 e. The number of thiazole rings is 1. The summed E-state index contributed by atoms with van der Waals surface area (Å²) in [4.78, 5) is 24.6. The molecule has 1 aliphatic heterocycles. The minimum atomic E-state index is -0.0559. The first-order chi connectivity index (χ1) is 12.2. The zero-order valence-electron chi connectivity index (χ0n) is 15.6. The number of carbonyl (C=O) groups excluding carboxylic acids is 1. The molecule has 25 heavy (non-hydrogen) atoms. The van der Waals surface area contributed by atoms with E-state index in [4.69, 9.17) is 9.73 Å². The summed E-state index contributed by atoms with van der Waals surface area (Å²) in [7, 11) is 0. The van der Waals surface area contributed by atoms with E-state index in [2.05, 4.69) is 29.0 Å². The zero-order chi connectivity index (χ0) is 18.1. The summed E-state index contributed by atoms with van der Waals surface area (Å²) in [5.74, 6) is 0.915. The maximum Gasteiger partial charge on any atom is 0.309 e. The average Bonchev–Trinajstić information content (AvgIpc) is 3.09. The van der Waals surface area contributed by atoms with Crippen molar-refractivity contribution in [2.75, 3.05) is 32.8 Å². The molecule has 1 aromatic heterocycles. The molecule has 1 fully saturated rings. The van der Waals surface area contributed by atoms with Crippen LogP contribution in [0.1, 0.15) is 43.5 Å². The van der Waals surface area contributed by atoms with Gasteiger partial charge in [0.1, 0.15) is 0 Å². The van der Waals surface area contributed by atoms with Gasteiger partial charge in [0.2, 0.25) is 0 Å². The van der Waals surface area contributed by atoms with Crippen LogP contribution in [0.25, 0.3) is 0 Å². The van der Waals surface area contributed by atoms with Gasteiger partial charge in [0, 0.05) is 43.7 Å². The normalized spacial score (nSPS) is 16.1. The summed E-state index contributed by atoms with van der Waals surface area (Å²) in [6.45, 7) is 9.80. The molecule has 0 radical (unpaired) electrons. The predicted octanol–water partition coefficient (Wildman–Crippen LogP) is 2.49. The number of likely N-dealkylation sites (tertiary alicyclic amines) is 1. The average molecular weight is 367 g/mol. The van der Waals surface area contributed by atoms with Crippen LogP contribution in [-0.4, -0.2) is 54.6 Å². The van der Waals surface area contributed by atoms with Crippen LogP contribution in [0.3, 0.4) is 0 Å². The van der Waals surface area contributed by atoms with Crippen molar-refractivity contribution in [2.24, 2.45) is 10.9 Å². The number of hydrogen-bond donors (Lipinski definition) is 1. The highest BCUT2D eigenvalue weighted by molar-refractivity contribution is 7.11. The summed E-state index contributed by atoms with van der Waals surface area (Å²) in [5.41, 5.74) is 0. The van der Waals surface area contributed by atoms with E-state index in [0.29, 0.717) is 6.61 Å². The molecule has 1 N–H and O–H groups in total. The number of aromatic nitrogens is 1. The first-order valence-corrected chi connectivity index (χ1v) is 10.1. The maximum atomic E-state index is 11.9. The third kappa shape index (κ3) is 5.99. The van der Waals surface area contributed by atoms with Crippen LogP contribution in [0.4, 0.5) is 0 Å². The van der Waals surface area contributed by atoms with Gasteiger partial charge in [-0.2, -0.15) is 0 Å². The Kier molecular flexibility index (Phi) is 8.18. The first-order valence-electron chi connectivity index (χ1n) is 9.31. The van der Waals surface area contributed by atoms with Gasteiger partial charge in [-0.05, 0) is 33.1 Å². The van der Waals surface area contributed by atoms with Crippen LogP contribution < -0.4 is 5.32 Å². The molecule has 0 spiro atoms. The molecule has 1 saturated heterocycles. The third-order valence-corrected chi connectivity index (χ3v) is 5.49. The molecule has 6 nitrogen and oxygen atoms in total. The summed E-state index contributed by atoms with van der Waals surface area (Å²) in [5, 5.41) is 4.52. The fourth-order valence-electron chi connectivity index (χ4n) is 2.90. The first kappa shape index (κ1) is 19.7. The lowest BCUT2D eigenvalue weighted by molar-refractivity contribution is -0.149. The van der Waals surface area contributed by atoms with Crippen LogP contribution in [0.2, 0.25) is 0 Å². The number of guanidine groups is 1. The molecule has 0 amide bonds. The van der Waals surface area contributed by atoms with Gasteiger partial charge < -0.3 is 15.0 Å². The number of hydrogen-bond acceptors (Lipinski definition) is 5. The molecular weight excluding hydrogens is 336 g/mol. The van der Waals surface area contributed by atoms with Crippen molar-refractivity contribution in [1.29, 1.82) is 0 Å². The number of ether oxygens (including phenoxy) is 1. The SMILES string of the molecule is CCNC(=NCCc1ncc(CC)s1)N1CCC(C(=O)OCC)CC1. The number of nitrogens with one attached hydrogen (secondary N) is 1. The molecule has 2 heterocycles. The summed E-state index contributed by atoms with van der Waals surface area (Å²) in [6.07, 6.45) is 5.54. The Hall–Kier alpha value is -1.63. The zero-order valence-corrected chi connectivity index (χ0v) is 16.4. The van der Waals surface area contributed by atoms with E-state index in [1.165, 1.54) is 4.88 Å². The number of esters is 1. The molecule has 0 aromatic carbocycles. The molecule has 2 rings (SSSR count). The van der Waals surface area contributed by atoms with E-state index >= 15 is 0 Å². The third-order valence-electron chi connectivity index (χ3n) is 4.29. The van der Waals surface area contributed by atoms with Crippen LogP contribution >= 0.6 is 11.3 Å². The van der Waals surface area contributed by atoms with Crippen LogP contribution in [0, 0.1) is 5.92 Å². The predicted molar refractivity (Wildman–Crippen MR) is 102 cm³/mol. The molecule has 0 saturated carbocycles. The van der Waals surface area contributed by atoms with Crippen molar-refractivity contribution >= 4 is 23.3 Å². The van der Waals surface area contributed by atoms with Crippen LogP contribution in [-0.2, 0) is 22.4 Å². The van der Waals surface area contributed by atoms with Gasteiger partial charge in [0.25, 0.3) is 0 Å². The van der Waals surface area contributed by atoms with Crippen molar-refractivity contribution < 1.29 is 9.53 Å². The lowest BCUT2D eigenvalue weighted by Gasteiger charge is -2.33. The van der Waals surface area contributed by atoms with Crippen molar-refractivity contribution in [2.45, 2.75) is 46.5 Å². The Labute approximate surface area is 154 Å². The fraction of sp³-hybridized carbons (Fsp3) is 0.722. The summed E-state index contributed by atoms with van der Waals surface area (Å²) in [6, 6.07) is 0. The highest BCUT2D eigenvalue weighted by Crippen LogP contribution is 2.19. The van der Waals surface area contributed by atoms with Crippen molar-refractivity contribution in [3.8, 4) is 0 Å². The second-order valence-electron chi connectivity index (χ2n) is 6.07. The Balaban J connectivity index is 1.86. The number of nitrogens with zero attached hydrogens (tertiary/aromatic N) is 3. The minimum Gasteiger partial charge on any atom is -0.466 e. The maximum absolute atomic E-state index is 11.9. The molecule has 140 valence electrons. The number of rotatable bonds is 7. The molecule has 0 unspecified atom stereocenters. The van der Waals surface area contributed by atoms with Crippen molar-refractivity contribution in [1.82, 2.24) is 15.2 Å². The van der Waals surface area contributed by atoms with Gasteiger partial charge in [-0.3, -0.25) is 9.79 Å². The standard InChI is InChI=1S/C18H30N4O2S/c1-4-15-13-21-16(25-15)7-10-20-18(19-5-2)22-11-8-14(9-12-22)17(23)24-6-3/h13-14H,4-12H2,1-3H3,(H,19,20). The lowest BCUT2D eigenvalue weighted by Crippen LogP contribution is -2.46. The molecular formula is C18H30N4O2S. The molecule has 7 heteroatoms. The van der Waals surface area contributed by atoms with E-state index in [9.17, 15) is 4.79 Å². The topological polar surface area (TPSA) is 66.8 Å². The Bertz CT molecular complexity index is 565. The van der Waals surface area contributed by atoms with E-state index in [0.717, 1.165) is 62.8 Å². The highest BCUT2D eigenvalue weighted by atomic mass is 32.1. The lowest BCUT2D eigenvalue weighted by atomic mass is 9.97. The molecule has 0 aliphatic carbocycles. The van der Waals surface area contributed by atoms with Gasteiger partial charge in [-0.1, -0.05) is 6.92 Å². The van der Waals surface area contributed by atoms with Gasteiger partial charge in [0.15, 0.2) is 5.96 Å². The van der Waals surface area contributed by atoms with E-state index in [1.54, 1.807) is 11.3 Å². The molecule has 1 aromatic rings. The summed E-state index contributed by atoms with van der Waals surface area (Å²) < 4.78 is 5.14. The van der Waals surface area contributed by atoms with Crippen LogP contribution in [0.5, 0.6) is 0 Å². The number of piperidine rings is 1. The Morgan fingerprint density at radius 2 is 2.16 bits per heavy atom. The van der Waals surface area contributed by atoms with Crippen LogP contribution in [0.15, 0.2) is 11.2 Å². The number of carbonyl (C=O) groups is 1. The molecule has 0 bridgehead atoms. The second-order valence-corrected chi connectivity index (χ2v) is 7.27. The Morgan fingerprint density at radius 1 is 1.40 bits per heavy atom. The molecule has 1 aliphatic rings. The van der Waals surface area contributed by atoms with Gasteiger partial charge in [-0.25, -0.2) is 4.98 Å². The van der Waals surface area contributed by atoms with E-state index in [1.807, 2.05) is 13.1 Å². The highest BCUT2D eigenvalue weighted by Gasteiger charge is 2.27. The fourth-order valence-corrected chi connectivity index (χ4v) is 3.75. The number of aliphatic imine (C=N–C) groups is 1. The van der Waals surface area contributed by atoms with Gasteiger partial charge in [0.05, 0.1) is 17.5 Å². The quantitative estimate of drug-likeness (QED) is 0.456. The largest absolute Gasteiger partial charge is 0.466 e. The van der Waals surface area contributed by atoms with E-state index < -0.39 is 0 Å². The number of aryl methyl sites for hydroxylation is 1. The van der Waals surface area contributed by atoms with Crippen molar-refractivity contribution in [3.63, 3.8) is 0 Å². The summed E-state index contributed by atoms with van der Waals surface area (Å²) >= 11 is 1.78.